The lowest BCUT2D eigenvalue weighted by Crippen LogP contribution is -2.42. The van der Waals surface area contributed by atoms with Crippen LogP contribution in [-0.4, -0.2) is 43.0 Å². The van der Waals surface area contributed by atoms with Gasteiger partial charge in [-0.15, -0.1) is 0 Å². The quantitative estimate of drug-likeness (QED) is 0.847. The molecule has 5 heteroatoms. The topological polar surface area (TPSA) is 72.6 Å². The molecule has 2 N–H and O–H groups in total. The normalized spacial score (nSPS) is 20.7. The minimum atomic E-state index is -0.322. The van der Waals surface area contributed by atoms with E-state index in [4.69, 9.17) is 10.5 Å². The van der Waals surface area contributed by atoms with Gasteiger partial charge < -0.3 is 15.4 Å². The van der Waals surface area contributed by atoms with Gasteiger partial charge in [0.1, 0.15) is 0 Å². The fourth-order valence-electron chi connectivity index (χ4n) is 3.28. The first-order chi connectivity index (χ1) is 10.7. The molecule has 0 bridgehead atoms. The fourth-order valence-corrected chi connectivity index (χ4v) is 3.28. The van der Waals surface area contributed by atoms with Crippen LogP contribution in [0.2, 0.25) is 0 Å². The first-order valence-electron chi connectivity index (χ1n) is 8.81. The first-order valence-corrected chi connectivity index (χ1v) is 8.81. The van der Waals surface area contributed by atoms with Gasteiger partial charge in [0.15, 0.2) is 0 Å². The van der Waals surface area contributed by atoms with E-state index >= 15 is 0 Å². The van der Waals surface area contributed by atoms with Crippen molar-refractivity contribution in [2.45, 2.75) is 58.8 Å². The van der Waals surface area contributed by atoms with Crippen LogP contribution in [-0.2, 0) is 14.3 Å². The Kier molecular flexibility index (Phi) is 9.13. The van der Waals surface area contributed by atoms with Crippen molar-refractivity contribution < 1.29 is 14.3 Å². The van der Waals surface area contributed by atoms with Crippen LogP contribution in [0.5, 0.6) is 0 Å². The van der Waals surface area contributed by atoms with Gasteiger partial charge in [0.25, 0.3) is 0 Å². The van der Waals surface area contributed by atoms with Gasteiger partial charge in [0, 0.05) is 25.4 Å². The third-order valence-electron chi connectivity index (χ3n) is 4.53. The lowest BCUT2D eigenvalue weighted by molar-refractivity contribution is -0.139. The number of morpholine rings is 1. The fraction of sp³-hybridized carbons (Fsp3) is 0.882. The monoisotopic (exact) mass is 312 g/mol. The number of amides is 2. The molecule has 0 aromatic heterocycles. The zero-order valence-corrected chi connectivity index (χ0v) is 14.2. The van der Waals surface area contributed by atoms with Gasteiger partial charge in [-0.3, -0.25) is 9.59 Å². The molecule has 1 aliphatic heterocycles. The number of carbonyl (C=O) groups excluding carboxylic acids is 2. The van der Waals surface area contributed by atoms with Crippen LogP contribution >= 0.6 is 0 Å². The maximum absolute atomic E-state index is 12.2. The van der Waals surface area contributed by atoms with Crippen LogP contribution in [0.15, 0.2) is 0 Å². The number of rotatable bonds is 5. The summed E-state index contributed by atoms with van der Waals surface area (Å²) in [6.07, 6.45) is 7.19. The molecule has 1 heterocycles. The van der Waals surface area contributed by atoms with Crippen molar-refractivity contribution in [3.05, 3.63) is 0 Å². The number of carbonyl (C=O) groups is 2. The number of hydrogen-bond acceptors (Lipinski definition) is 3. The lowest BCUT2D eigenvalue weighted by Gasteiger charge is -2.29. The zero-order valence-electron chi connectivity index (χ0n) is 14.2. The zero-order chi connectivity index (χ0) is 16.4. The summed E-state index contributed by atoms with van der Waals surface area (Å²) < 4.78 is 5.24. The summed E-state index contributed by atoms with van der Waals surface area (Å²) >= 11 is 0. The number of primary amides is 1. The maximum Gasteiger partial charge on any atom is 0.223 e. The van der Waals surface area contributed by atoms with Gasteiger partial charge >= 0.3 is 0 Å². The highest BCUT2D eigenvalue weighted by Gasteiger charge is 2.27. The summed E-state index contributed by atoms with van der Waals surface area (Å²) in [6.45, 7) is 6.45. The molecular weight excluding hydrogens is 280 g/mol. The Bertz CT molecular complexity index is 335. The van der Waals surface area contributed by atoms with E-state index in [1.165, 1.54) is 32.1 Å². The van der Waals surface area contributed by atoms with E-state index in [-0.39, 0.29) is 24.2 Å². The van der Waals surface area contributed by atoms with Gasteiger partial charge in [-0.2, -0.15) is 0 Å². The van der Waals surface area contributed by atoms with E-state index in [1.54, 1.807) is 4.90 Å². The average Bonchev–Trinajstić information content (AvgIpc) is 2.57. The molecule has 2 aliphatic rings. The molecule has 1 atom stereocenters. The van der Waals surface area contributed by atoms with E-state index in [0.717, 1.165) is 6.42 Å². The highest BCUT2D eigenvalue weighted by molar-refractivity contribution is 5.84. The lowest BCUT2D eigenvalue weighted by atomic mass is 9.81. The van der Waals surface area contributed by atoms with Crippen LogP contribution < -0.4 is 5.73 Å². The summed E-state index contributed by atoms with van der Waals surface area (Å²) in [5.74, 6) is -0.00252. The Labute approximate surface area is 134 Å². The van der Waals surface area contributed by atoms with E-state index in [9.17, 15) is 9.59 Å². The summed E-state index contributed by atoms with van der Waals surface area (Å²) in [6, 6.07) is 0. The number of hydrogen-bond donors (Lipinski definition) is 1. The average molecular weight is 312 g/mol. The minimum Gasteiger partial charge on any atom is -0.378 e. The molecule has 0 spiro atoms. The second kappa shape index (κ2) is 10.6. The summed E-state index contributed by atoms with van der Waals surface area (Å²) in [5.41, 5.74) is 5.50. The van der Waals surface area contributed by atoms with Crippen LogP contribution in [0.3, 0.4) is 0 Å². The third-order valence-corrected chi connectivity index (χ3v) is 4.53. The molecule has 2 rings (SSSR count). The molecule has 1 unspecified atom stereocenters. The Balaban J connectivity index is 0.00000116. The molecular formula is C17H32N2O3. The molecule has 1 saturated carbocycles. The Morgan fingerprint density at radius 2 is 1.73 bits per heavy atom. The summed E-state index contributed by atoms with van der Waals surface area (Å²) in [7, 11) is 0. The van der Waals surface area contributed by atoms with Crippen LogP contribution in [0, 0.1) is 11.8 Å². The van der Waals surface area contributed by atoms with Crippen molar-refractivity contribution in [2.75, 3.05) is 26.3 Å². The molecule has 0 radical (unpaired) electrons. The van der Waals surface area contributed by atoms with Crippen molar-refractivity contribution in [1.29, 1.82) is 0 Å². The van der Waals surface area contributed by atoms with E-state index < -0.39 is 0 Å². The second-order valence-corrected chi connectivity index (χ2v) is 6.04. The van der Waals surface area contributed by atoms with Crippen molar-refractivity contribution in [2.24, 2.45) is 17.6 Å². The van der Waals surface area contributed by atoms with Gasteiger partial charge in [-0.25, -0.2) is 0 Å². The molecule has 0 aromatic carbocycles. The minimum absolute atomic E-state index is 0.0490. The van der Waals surface area contributed by atoms with Gasteiger partial charge in [0.2, 0.25) is 11.8 Å². The Hall–Kier alpha value is -1.10. The number of nitrogens with zero attached hydrogens (tertiary/aromatic N) is 1. The number of ether oxygens (including phenoxy) is 1. The number of nitrogens with two attached hydrogens (primary N) is 1. The molecule has 5 nitrogen and oxygen atoms in total. The Morgan fingerprint density at radius 3 is 2.27 bits per heavy atom. The SMILES string of the molecule is CC.NC(=O)C(CC(=O)N1CCOCC1)CC1CCCCC1. The van der Waals surface area contributed by atoms with E-state index in [1.807, 2.05) is 13.8 Å². The molecule has 1 aliphatic carbocycles. The highest BCUT2D eigenvalue weighted by atomic mass is 16.5. The van der Waals surface area contributed by atoms with Crippen LogP contribution in [0.25, 0.3) is 0 Å². The second-order valence-electron chi connectivity index (χ2n) is 6.04. The largest absolute Gasteiger partial charge is 0.378 e. The predicted octanol–water partition coefficient (Wildman–Crippen LogP) is 2.33. The summed E-state index contributed by atoms with van der Waals surface area (Å²) in [4.78, 5) is 25.6. The van der Waals surface area contributed by atoms with Gasteiger partial charge in [-0.1, -0.05) is 46.0 Å². The standard InChI is InChI=1S/C15H26N2O3.C2H6/c16-15(19)13(10-12-4-2-1-3-5-12)11-14(18)17-6-8-20-9-7-17;1-2/h12-13H,1-11H2,(H2,16,19);1-2H3. The molecule has 0 aromatic rings. The molecule has 2 fully saturated rings. The predicted molar refractivity (Wildman–Crippen MR) is 87.2 cm³/mol. The van der Waals surface area contributed by atoms with E-state index in [2.05, 4.69) is 0 Å². The van der Waals surface area contributed by atoms with Crippen molar-refractivity contribution in [3.8, 4) is 0 Å². The van der Waals surface area contributed by atoms with E-state index in [0.29, 0.717) is 32.2 Å². The Morgan fingerprint density at radius 1 is 1.14 bits per heavy atom. The first kappa shape index (κ1) is 18.9. The van der Waals surface area contributed by atoms with Crippen LogP contribution in [0.4, 0.5) is 0 Å². The van der Waals surface area contributed by atoms with Crippen molar-refractivity contribution >= 4 is 11.8 Å². The van der Waals surface area contributed by atoms with Crippen molar-refractivity contribution in [3.63, 3.8) is 0 Å². The van der Waals surface area contributed by atoms with Crippen molar-refractivity contribution in [1.82, 2.24) is 4.90 Å². The molecule has 22 heavy (non-hydrogen) atoms. The highest BCUT2D eigenvalue weighted by Crippen LogP contribution is 2.30. The van der Waals surface area contributed by atoms with Gasteiger partial charge in [-0.05, 0) is 12.3 Å². The molecule has 2 amide bonds. The molecule has 128 valence electrons. The third kappa shape index (κ3) is 6.34. The van der Waals surface area contributed by atoms with Crippen LogP contribution in [0.1, 0.15) is 58.8 Å². The molecule has 1 saturated heterocycles. The smallest absolute Gasteiger partial charge is 0.223 e. The maximum atomic E-state index is 12.2. The summed E-state index contributed by atoms with van der Waals surface area (Å²) in [5, 5.41) is 0. The van der Waals surface area contributed by atoms with Gasteiger partial charge in [0.05, 0.1) is 13.2 Å².